The predicted octanol–water partition coefficient (Wildman–Crippen LogP) is 4.96. The zero-order valence-electron chi connectivity index (χ0n) is 17.0. The van der Waals surface area contributed by atoms with Gasteiger partial charge in [-0.2, -0.15) is 0 Å². The Morgan fingerprint density at radius 2 is 1.53 bits per heavy atom. The first-order chi connectivity index (χ1) is 14.5. The lowest BCUT2D eigenvalue weighted by Crippen LogP contribution is -2.42. The topological polar surface area (TPSA) is 57.6 Å². The molecule has 4 heteroatoms. The molecular weight excluding hydrogens is 374 g/mol. The number of Topliss-reactive ketones (excluding diaryl/α,β-unsaturated/α-hetero) is 1. The zero-order chi connectivity index (χ0) is 21.1. The molecule has 4 nitrogen and oxygen atoms in total. The van der Waals surface area contributed by atoms with Gasteiger partial charge in [-0.25, -0.2) is 0 Å². The fourth-order valence-corrected chi connectivity index (χ4v) is 4.03. The summed E-state index contributed by atoms with van der Waals surface area (Å²) in [5.74, 6) is -0.663. The van der Waals surface area contributed by atoms with Gasteiger partial charge in [0, 0.05) is 17.7 Å². The van der Waals surface area contributed by atoms with Crippen LogP contribution >= 0.6 is 0 Å². The molecule has 0 spiro atoms. The Labute approximate surface area is 176 Å². The standard InChI is InChI=1S/C26H25NO3/c1-2-3-17-27-23-12-8-7-11-22(23)26(30,25(27)29)18-24(28)21-15-13-20(14-16-21)19-9-5-4-6-10-19/h4-16,30H,2-3,17-18H2,1H3/t26-/m1/s1. The molecule has 1 atom stereocenters. The largest absolute Gasteiger partial charge is 0.375 e. The van der Waals surface area contributed by atoms with Crippen molar-refractivity contribution in [1.29, 1.82) is 0 Å². The molecule has 152 valence electrons. The van der Waals surface area contributed by atoms with Crippen molar-refractivity contribution in [2.45, 2.75) is 31.8 Å². The Balaban J connectivity index is 1.58. The number of aliphatic hydroxyl groups is 1. The van der Waals surface area contributed by atoms with Gasteiger partial charge in [0.15, 0.2) is 11.4 Å². The molecular formula is C26H25NO3. The second kappa shape index (κ2) is 8.25. The van der Waals surface area contributed by atoms with E-state index in [-0.39, 0.29) is 12.2 Å². The van der Waals surface area contributed by atoms with Crippen molar-refractivity contribution in [2.75, 3.05) is 11.4 Å². The summed E-state index contributed by atoms with van der Waals surface area (Å²) in [5.41, 5.74) is 1.96. The van der Waals surface area contributed by atoms with Crippen molar-refractivity contribution in [3.63, 3.8) is 0 Å². The summed E-state index contributed by atoms with van der Waals surface area (Å²) in [7, 11) is 0. The number of unbranched alkanes of at least 4 members (excludes halogenated alkanes) is 1. The van der Waals surface area contributed by atoms with Crippen LogP contribution in [0.15, 0.2) is 78.9 Å². The van der Waals surface area contributed by atoms with Gasteiger partial charge < -0.3 is 10.0 Å². The van der Waals surface area contributed by atoms with Gasteiger partial charge in [0.25, 0.3) is 5.91 Å². The number of hydrogen-bond donors (Lipinski definition) is 1. The van der Waals surface area contributed by atoms with Crippen LogP contribution in [0, 0.1) is 0 Å². The van der Waals surface area contributed by atoms with Crippen LogP contribution in [0.4, 0.5) is 5.69 Å². The molecule has 0 aromatic heterocycles. The third kappa shape index (κ3) is 3.55. The van der Waals surface area contributed by atoms with Crippen LogP contribution in [0.1, 0.15) is 42.1 Å². The number of rotatable bonds is 7. The van der Waals surface area contributed by atoms with E-state index in [0.29, 0.717) is 23.4 Å². The summed E-state index contributed by atoms with van der Waals surface area (Å²) in [5, 5.41) is 11.3. The number of ketones is 1. The minimum absolute atomic E-state index is 0.252. The van der Waals surface area contributed by atoms with E-state index in [4.69, 9.17) is 0 Å². The molecule has 0 radical (unpaired) electrons. The molecule has 4 rings (SSSR count). The van der Waals surface area contributed by atoms with Gasteiger partial charge in [-0.1, -0.05) is 86.1 Å². The lowest BCUT2D eigenvalue weighted by Gasteiger charge is -2.22. The van der Waals surface area contributed by atoms with Crippen LogP contribution in [0.5, 0.6) is 0 Å². The van der Waals surface area contributed by atoms with E-state index >= 15 is 0 Å². The van der Waals surface area contributed by atoms with Gasteiger partial charge in [0.05, 0.1) is 12.1 Å². The van der Waals surface area contributed by atoms with Crippen molar-refractivity contribution in [3.8, 4) is 11.1 Å². The van der Waals surface area contributed by atoms with Crippen molar-refractivity contribution in [1.82, 2.24) is 0 Å². The zero-order valence-corrected chi connectivity index (χ0v) is 17.0. The van der Waals surface area contributed by atoms with Gasteiger partial charge in [-0.3, -0.25) is 9.59 Å². The Hall–Kier alpha value is -3.24. The summed E-state index contributed by atoms with van der Waals surface area (Å²) < 4.78 is 0. The lowest BCUT2D eigenvalue weighted by molar-refractivity contribution is -0.135. The molecule has 0 unspecified atom stereocenters. The minimum Gasteiger partial charge on any atom is -0.375 e. The summed E-state index contributed by atoms with van der Waals surface area (Å²) in [4.78, 5) is 27.7. The van der Waals surface area contributed by atoms with Crippen LogP contribution in [0.2, 0.25) is 0 Å². The van der Waals surface area contributed by atoms with Crippen molar-refractivity contribution in [2.24, 2.45) is 0 Å². The summed E-state index contributed by atoms with van der Waals surface area (Å²) in [6.45, 7) is 2.59. The number of anilines is 1. The van der Waals surface area contributed by atoms with E-state index < -0.39 is 11.5 Å². The smallest absolute Gasteiger partial charge is 0.264 e. The minimum atomic E-state index is -1.82. The second-order valence-electron chi connectivity index (χ2n) is 7.73. The maximum absolute atomic E-state index is 13.1. The van der Waals surface area contributed by atoms with E-state index in [1.54, 1.807) is 29.2 Å². The maximum Gasteiger partial charge on any atom is 0.264 e. The molecule has 1 heterocycles. The van der Waals surface area contributed by atoms with Crippen LogP contribution in [0.25, 0.3) is 11.1 Å². The number of carbonyl (C=O) groups excluding carboxylic acids is 2. The average molecular weight is 399 g/mol. The fourth-order valence-electron chi connectivity index (χ4n) is 4.03. The molecule has 1 N–H and O–H groups in total. The highest BCUT2D eigenvalue weighted by Gasteiger charge is 2.50. The molecule has 0 fully saturated rings. The molecule has 0 aliphatic carbocycles. The Bertz CT molecular complexity index is 1060. The summed E-state index contributed by atoms with van der Waals surface area (Å²) in [6, 6.07) is 24.4. The molecule has 0 bridgehead atoms. The number of hydrogen-bond acceptors (Lipinski definition) is 3. The van der Waals surface area contributed by atoms with Gasteiger partial charge in [0.1, 0.15) is 0 Å². The van der Waals surface area contributed by atoms with E-state index in [2.05, 4.69) is 6.92 Å². The third-order valence-corrected chi connectivity index (χ3v) is 5.71. The first-order valence-corrected chi connectivity index (χ1v) is 10.4. The quantitative estimate of drug-likeness (QED) is 0.571. The SMILES string of the molecule is CCCCN1C(=O)[C@@](O)(CC(=O)c2ccc(-c3ccccc3)cc2)c2ccccc21. The number of fused-ring (bicyclic) bond motifs is 1. The predicted molar refractivity (Wildman–Crippen MR) is 118 cm³/mol. The van der Waals surface area contributed by atoms with Crippen molar-refractivity contribution >= 4 is 17.4 Å². The number of carbonyl (C=O) groups is 2. The van der Waals surface area contributed by atoms with E-state index in [9.17, 15) is 14.7 Å². The average Bonchev–Trinajstić information content (AvgIpc) is 3.00. The Morgan fingerprint density at radius 1 is 0.900 bits per heavy atom. The molecule has 1 amide bonds. The van der Waals surface area contributed by atoms with Crippen LogP contribution < -0.4 is 4.90 Å². The first kappa shape index (κ1) is 20.0. The van der Waals surface area contributed by atoms with Crippen molar-refractivity contribution < 1.29 is 14.7 Å². The Kier molecular flexibility index (Phi) is 5.51. The van der Waals surface area contributed by atoms with Gasteiger partial charge in [-0.05, 0) is 23.6 Å². The van der Waals surface area contributed by atoms with Crippen LogP contribution in [-0.2, 0) is 10.4 Å². The van der Waals surface area contributed by atoms with Gasteiger partial charge in [0.2, 0.25) is 0 Å². The highest BCUT2D eigenvalue weighted by molar-refractivity contribution is 6.10. The van der Waals surface area contributed by atoms with Crippen molar-refractivity contribution in [3.05, 3.63) is 90.0 Å². The molecule has 1 aliphatic rings. The molecule has 0 saturated carbocycles. The van der Waals surface area contributed by atoms with Gasteiger partial charge in [-0.15, -0.1) is 0 Å². The van der Waals surface area contributed by atoms with Crippen LogP contribution in [-0.4, -0.2) is 23.3 Å². The first-order valence-electron chi connectivity index (χ1n) is 10.4. The third-order valence-electron chi connectivity index (χ3n) is 5.71. The number of amides is 1. The van der Waals surface area contributed by atoms with E-state index in [1.165, 1.54) is 0 Å². The maximum atomic E-state index is 13.1. The molecule has 1 aliphatic heterocycles. The lowest BCUT2D eigenvalue weighted by atomic mass is 9.88. The van der Waals surface area contributed by atoms with E-state index in [1.807, 2.05) is 54.6 Å². The summed E-state index contributed by atoms with van der Waals surface area (Å²) >= 11 is 0. The fraction of sp³-hybridized carbons (Fsp3) is 0.231. The normalized spacial score (nSPS) is 17.8. The second-order valence-corrected chi connectivity index (χ2v) is 7.73. The van der Waals surface area contributed by atoms with Crippen LogP contribution in [0.3, 0.4) is 0 Å². The molecule has 3 aromatic carbocycles. The van der Waals surface area contributed by atoms with E-state index in [0.717, 1.165) is 24.0 Å². The Morgan fingerprint density at radius 3 is 2.23 bits per heavy atom. The molecule has 30 heavy (non-hydrogen) atoms. The highest BCUT2D eigenvalue weighted by Crippen LogP contribution is 2.43. The summed E-state index contributed by atoms with van der Waals surface area (Å²) in [6.07, 6.45) is 1.51. The number of nitrogens with zero attached hydrogens (tertiary/aromatic N) is 1. The number of para-hydroxylation sites is 1. The molecule has 3 aromatic rings. The molecule has 0 saturated heterocycles. The monoisotopic (exact) mass is 399 g/mol. The number of benzene rings is 3. The van der Waals surface area contributed by atoms with Gasteiger partial charge >= 0.3 is 0 Å². The highest BCUT2D eigenvalue weighted by atomic mass is 16.3.